The van der Waals surface area contributed by atoms with Crippen LogP contribution in [0.4, 0.5) is 4.79 Å². The van der Waals surface area contributed by atoms with Crippen molar-refractivity contribution in [1.82, 2.24) is 15.5 Å². The summed E-state index contributed by atoms with van der Waals surface area (Å²) >= 11 is 0. The maximum absolute atomic E-state index is 12.0. The first-order chi connectivity index (χ1) is 10.2. The van der Waals surface area contributed by atoms with Crippen LogP contribution in [-0.4, -0.2) is 42.5 Å². The third-order valence-electron chi connectivity index (χ3n) is 3.60. The minimum atomic E-state index is -0.181. The Bertz CT molecular complexity index is 476. The fourth-order valence-corrected chi connectivity index (χ4v) is 2.47. The van der Waals surface area contributed by atoms with Crippen molar-refractivity contribution < 1.29 is 9.59 Å². The van der Waals surface area contributed by atoms with Gasteiger partial charge in [-0.15, -0.1) is 0 Å². The zero-order chi connectivity index (χ0) is 15.1. The van der Waals surface area contributed by atoms with Crippen LogP contribution in [0.15, 0.2) is 30.3 Å². The molecular weight excluding hydrogens is 266 g/mol. The Morgan fingerprint density at radius 1 is 1.33 bits per heavy atom. The number of likely N-dealkylation sites (tertiary alicyclic amines) is 1. The van der Waals surface area contributed by atoms with Crippen LogP contribution in [0.3, 0.4) is 0 Å². The van der Waals surface area contributed by atoms with E-state index in [4.69, 9.17) is 0 Å². The van der Waals surface area contributed by atoms with Crippen LogP contribution >= 0.6 is 0 Å². The van der Waals surface area contributed by atoms with Crippen LogP contribution < -0.4 is 10.6 Å². The molecule has 21 heavy (non-hydrogen) atoms. The van der Waals surface area contributed by atoms with E-state index in [1.165, 1.54) is 5.56 Å². The SMILES string of the molecule is CCCNC(=O)N[C@@H]1CC(=O)N(CCc2ccccc2)C1. The van der Waals surface area contributed by atoms with Gasteiger partial charge in [0, 0.05) is 26.1 Å². The van der Waals surface area contributed by atoms with Crippen LogP contribution in [0.25, 0.3) is 0 Å². The molecule has 1 fully saturated rings. The van der Waals surface area contributed by atoms with Crippen molar-refractivity contribution in [2.24, 2.45) is 0 Å². The summed E-state index contributed by atoms with van der Waals surface area (Å²) < 4.78 is 0. The van der Waals surface area contributed by atoms with Crippen LogP contribution in [0.5, 0.6) is 0 Å². The Kier molecular flexibility index (Phi) is 5.60. The van der Waals surface area contributed by atoms with Gasteiger partial charge in [-0.2, -0.15) is 0 Å². The second-order valence-electron chi connectivity index (χ2n) is 5.38. The molecule has 0 spiro atoms. The molecule has 2 rings (SSSR count). The van der Waals surface area contributed by atoms with Gasteiger partial charge in [0.25, 0.3) is 0 Å². The molecule has 0 bridgehead atoms. The summed E-state index contributed by atoms with van der Waals surface area (Å²) in [5.74, 6) is 0.117. The molecule has 0 radical (unpaired) electrons. The Balaban J connectivity index is 1.76. The number of amides is 3. The molecule has 5 nitrogen and oxygen atoms in total. The molecule has 0 aromatic heterocycles. The number of hydrogen-bond donors (Lipinski definition) is 2. The number of carbonyl (C=O) groups is 2. The Morgan fingerprint density at radius 3 is 2.81 bits per heavy atom. The first-order valence-corrected chi connectivity index (χ1v) is 7.55. The van der Waals surface area contributed by atoms with Gasteiger partial charge in [0.2, 0.25) is 5.91 Å². The highest BCUT2D eigenvalue weighted by molar-refractivity contribution is 5.81. The highest BCUT2D eigenvalue weighted by atomic mass is 16.2. The minimum absolute atomic E-state index is 0.0786. The second kappa shape index (κ2) is 7.67. The summed E-state index contributed by atoms with van der Waals surface area (Å²) in [5.41, 5.74) is 1.22. The molecule has 3 amide bonds. The highest BCUT2D eigenvalue weighted by Crippen LogP contribution is 2.12. The lowest BCUT2D eigenvalue weighted by atomic mass is 10.1. The first kappa shape index (κ1) is 15.4. The van der Waals surface area contributed by atoms with Gasteiger partial charge in [0.1, 0.15) is 0 Å². The maximum atomic E-state index is 12.0. The Morgan fingerprint density at radius 2 is 2.10 bits per heavy atom. The zero-order valence-corrected chi connectivity index (χ0v) is 12.5. The summed E-state index contributed by atoms with van der Waals surface area (Å²) in [6.07, 6.45) is 2.15. The van der Waals surface area contributed by atoms with Crippen molar-refractivity contribution in [3.8, 4) is 0 Å². The quantitative estimate of drug-likeness (QED) is 0.834. The second-order valence-corrected chi connectivity index (χ2v) is 5.38. The van der Waals surface area contributed by atoms with Gasteiger partial charge in [-0.1, -0.05) is 37.3 Å². The van der Waals surface area contributed by atoms with E-state index in [0.717, 1.165) is 12.8 Å². The van der Waals surface area contributed by atoms with E-state index in [9.17, 15) is 9.59 Å². The lowest BCUT2D eigenvalue weighted by Crippen LogP contribution is -2.43. The van der Waals surface area contributed by atoms with Gasteiger partial charge >= 0.3 is 6.03 Å². The highest BCUT2D eigenvalue weighted by Gasteiger charge is 2.30. The van der Waals surface area contributed by atoms with Gasteiger partial charge in [-0.05, 0) is 18.4 Å². The number of rotatable bonds is 6. The first-order valence-electron chi connectivity index (χ1n) is 7.55. The van der Waals surface area contributed by atoms with E-state index in [-0.39, 0.29) is 18.0 Å². The van der Waals surface area contributed by atoms with Gasteiger partial charge in [0.15, 0.2) is 0 Å². The summed E-state index contributed by atoms with van der Waals surface area (Å²) in [4.78, 5) is 25.4. The molecule has 1 aromatic rings. The molecule has 0 unspecified atom stereocenters. The number of benzene rings is 1. The molecule has 5 heteroatoms. The van der Waals surface area contributed by atoms with Crippen LogP contribution in [0.2, 0.25) is 0 Å². The number of nitrogens with zero attached hydrogens (tertiary/aromatic N) is 1. The molecule has 2 N–H and O–H groups in total. The Hall–Kier alpha value is -2.04. The smallest absolute Gasteiger partial charge is 0.315 e. The summed E-state index contributed by atoms with van der Waals surface area (Å²) in [6.45, 7) is 3.97. The number of nitrogens with one attached hydrogen (secondary N) is 2. The molecule has 0 aliphatic carbocycles. The van der Waals surface area contributed by atoms with Gasteiger partial charge in [0.05, 0.1) is 6.04 Å². The van der Waals surface area contributed by atoms with Crippen LogP contribution in [0.1, 0.15) is 25.3 Å². The van der Waals surface area contributed by atoms with Crippen molar-refractivity contribution in [3.05, 3.63) is 35.9 Å². The molecule has 1 heterocycles. The fourth-order valence-electron chi connectivity index (χ4n) is 2.47. The molecular formula is C16H23N3O2. The van der Waals surface area contributed by atoms with Gasteiger partial charge in [-0.25, -0.2) is 4.79 Å². The average molecular weight is 289 g/mol. The summed E-state index contributed by atoms with van der Waals surface area (Å²) in [6, 6.07) is 9.86. The van der Waals surface area contributed by atoms with E-state index >= 15 is 0 Å². The average Bonchev–Trinajstić information content (AvgIpc) is 2.84. The molecule has 1 aliphatic rings. The van der Waals surface area contributed by atoms with Crippen molar-refractivity contribution in [2.45, 2.75) is 32.2 Å². The van der Waals surface area contributed by atoms with E-state index in [0.29, 0.717) is 26.1 Å². The van der Waals surface area contributed by atoms with E-state index in [1.54, 1.807) is 0 Å². The van der Waals surface area contributed by atoms with Crippen molar-refractivity contribution in [2.75, 3.05) is 19.6 Å². The van der Waals surface area contributed by atoms with E-state index in [1.807, 2.05) is 30.0 Å². The monoisotopic (exact) mass is 289 g/mol. The molecule has 1 saturated heterocycles. The minimum Gasteiger partial charge on any atom is -0.340 e. The predicted octanol–water partition coefficient (Wildman–Crippen LogP) is 1.54. The summed E-state index contributed by atoms with van der Waals surface area (Å²) in [7, 11) is 0. The number of carbonyl (C=O) groups excluding carboxylic acids is 2. The number of urea groups is 1. The maximum Gasteiger partial charge on any atom is 0.315 e. The third-order valence-corrected chi connectivity index (χ3v) is 3.60. The normalized spacial score (nSPS) is 17.9. The predicted molar refractivity (Wildman–Crippen MR) is 82.0 cm³/mol. The molecule has 1 aliphatic heterocycles. The third kappa shape index (κ3) is 4.77. The number of hydrogen-bond acceptors (Lipinski definition) is 2. The lowest BCUT2D eigenvalue weighted by molar-refractivity contribution is -0.127. The molecule has 1 aromatic carbocycles. The van der Waals surface area contributed by atoms with E-state index in [2.05, 4.69) is 22.8 Å². The van der Waals surface area contributed by atoms with Crippen molar-refractivity contribution in [3.63, 3.8) is 0 Å². The molecule has 1 atom stereocenters. The largest absolute Gasteiger partial charge is 0.340 e. The fraction of sp³-hybridized carbons (Fsp3) is 0.500. The standard InChI is InChI=1S/C16H23N3O2/c1-2-9-17-16(21)18-14-11-15(20)19(12-14)10-8-13-6-4-3-5-7-13/h3-7,14H,2,8-12H2,1H3,(H2,17,18,21)/t14-/m1/s1. The summed E-state index contributed by atoms with van der Waals surface area (Å²) in [5, 5.41) is 5.63. The van der Waals surface area contributed by atoms with Crippen molar-refractivity contribution >= 4 is 11.9 Å². The molecule has 0 saturated carbocycles. The lowest BCUT2D eigenvalue weighted by Gasteiger charge is -2.17. The zero-order valence-electron chi connectivity index (χ0n) is 12.5. The van der Waals surface area contributed by atoms with E-state index < -0.39 is 0 Å². The van der Waals surface area contributed by atoms with Crippen LogP contribution in [0, 0.1) is 0 Å². The molecule has 114 valence electrons. The van der Waals surface area contributed by atoms with Crippen molar-refractivity contribution in [1.29, 1.82) is 0 Å². The Labute approximate surface area is 125 Å². The van der Waals surface area contributed by atoms with Gasteiger partial charge < -0.3 is 15.5 Å². The topological polar surface area (TPSA) is 61.4 Å². The van der Waals surface area contributed by atoms with Crippen LogP contribution in [-0.2, 0) is 11.2 Å². The van der Waals surface area contributed by atoms with Gasteiger partial charge in [-0.3, -0.25) is 4.79 Å².